The molecule has 84 valence electrons. The molecule has 1 rings (SSSR count). The third-order valence-electron chi connectivity index (χ3n) is 3.09. The highest BCUT2D eigenvalue weighted by atomic mass is 32.2. The van der Waals surface area contributed by atoms with Gasteiger partial charge in [-0.25, -0.2) is 0 Å². The molecule has 0 spiro atoms. The maximum Gasteiger partial charge on any atom is 0.0503 e. The Balaban J connectivity index is 2.65. The lowest BCUT2D eigenvalue weighted by Crippen LogP contribution is -2.41. The first-order valence-electron chi connectivity index (χ1n) is 5.73. The number of nitrogens with one attached hydrogen (secondary N) is 1. The van der Waals surface area contributed by atoms with Gasteiger partial charge in [0.1, 0.15) is 0 Å². The van der Waals surface area contributed by atoms with E-state index in [0.717, 1.165) is 6.42 Å². The van der Waals surface area contributed by atoms with Gasteiger partial charge >= 0.3 is 0 Å². The van der Waals surface area contributed by atoms with E-state index >= 15 is 0 Å². The molecule has 1 fully saturated rings. The molecule has 1 aliphatic rings. The molecule has 2 nitrogen and oxygen atoms in total. The summed E-state index contributed by atoms with van der Waals surface area (Å²) >= 11 is 0. The summed E-state index contributed by atoms with van der Waals surface area (Å²) in [5, 5.41) is 4.01. The molecule has 0 aliphatic heterocycles. The first-order chi connectivity index (χ1) is 6.66. The Bertz CT molecular complexity index is 194. The van der Waals surface area contributed by atoms with Gasteiger partial charge in [-0.1, -0.05) is 33.1 Å². The lowest BCUT2D eigenvalue weighted by Gasteiger charge is -2.25. The van der Waals surface area contributed by atoms with Crippen molar-refractivity contribution in [2.24, 2.45) is 0 Å². The quantitative estimate of drug-likeness (QED) is 0.733. The molecule has 1 N–H and O–H groups in total. The Morgan fingerprint density at radius 3 is 2.43 bits per heavy atom. The Labute approximate surface area is 90.3 Å². The van der Waals surface area contributed by atoms with Crippen molar-refractivity contribution in [3.05, 3.63) is 0 Å². The fraction of sp³-hybridized carbons (Fsp3) is 1.00. The molecule has 3 atom stereocenters. The molecule has 0 bridgehead atoms. The minimum absolute atomic E-state index is 0.300. The lowest BCUT2D eigenvalue weighted by molar-refractivity contribution is 0.498. The number of hydrogen-bond acceptors (Lipinski definition) is 2. The topological polar surface area (TPSA) is 29.1 Å². The highest BCUT2D eigenvalue weighted by Crippen LogP contribution is 2.23. The van der Waals surface area contributed by atoms with Crippen LogP contribution in [0.4, 0.5) is 0 Å². The summed E-state index contributed by atoms with van der Waals surface area (Å²) in [6.45, 7) is 4.13. The van der Waals surface area contributed by atoms with E-state index in [4.69, 9.17) is 0 Å². The summed E-state index contributed by atoms with van der Waals surface area (Å²) < 4.78 is 12.1. The molecule has 0 saturated heterocycles. The summed E-state index contributed by atoms with van der Waals surface area (Å²) in [7, 11) is 1.34. The van der Waals surface area contributed by atoms with Gasteiger partial charge in [0.05, 0.1) is 5.25 Å². The molecular formula is C11H23NOS. The van der Waals surface area contributed by atoms with E-state index in [1.165, 1.54) is 25.7 Å². The van der Waals surface area contributed by atoms with Gasteiger partial charge in [0, 0.05) is 22.1 Å². The van der Waals surface area contributed by atoms with Gasteiger partial charge in [0.25, 0.3) is 0 Å². The highest BCUT2D eigenvalue weighted by Gasteiger charge is 2.28. The Hall–Kier alpha value is 0.110. The van der Waals surface area contributed by atoms with Crippen molar-refractivity contribution < 1.29 is 4.21 Å². The van der Waals surface area contributed by atoms with Gasteiger partial charge in [-0.3, -0.25) is 4.21 Å². The zero-order valence-corrected chi connectivity index (χ0v) is 10.4. The highest BCUT2D eigenvalue weighted by molar-refractivity contribution is 7.86. The minimum Gasteiger partial charge on any atom is -0.316 e. The van der Waals surface area contributed by atoms with Gasteiger partial charge in [-0.05, 0) is 19.9 Å². The summed E-state index contributed by atoms with van der Waals surface area (Å²) in [6, 6.07) is 0.473. The lowest BCUT2D eigenvalue weighted by atomic mass is 10.1. The van der Waals surface area contributed by atoms with Gasteiger partial charge in [0.15, 0.2) is 0 Å². The first kappa shape index (κ1) is 12.2. The van der Waals surface area contributed by atoms with Crippen LogP contribution in [0.15, 0.2) is 0 Å². The van der Waals surface area contributed by atoms with Gasteiger partial charge < -0.3 is 5.32 Å². The van der Waals surface area contributed by atoms with Crippen LogP contribution in [0.5, 0.6) is 0 Å². The predicted molar refractivity (Wildman–Crippen MR) is 63.0 cm³/mol. The Morgan fingerprint density at radius 1 is 1.21 bits per heavy atom. The van der Waals surface area contributed by atoms with Crippen molar-refractivity contribution in [1.29, 1.82) is 0 Å². The van der Waals surface area contributed by atoms with Crippen molar-refractivity contribution in [2.45, 2.75) is 62.5 Å². The van der Waals surface area contributed by atoms with E-state index in [1.807, 2.05) is 7.05 Å². The van der Waals surface area contributed by atoms with Gasteiger partial charge in [-0.2, -0.15) is 0 Å². The molecule has 0 aromatic carbocycles. The third-order valence-corrected chi connectivity index (χ3v) is 5.18. The molecule has 1 saturated carbocycles. The van der Waals surface area contributed by atoms with Crippen molar-refractivity contribution in [1.82, 2.24) is 5.32 Å². The molecule has 0 radical (unpaired) electrons. The number of rotatable bonds is 3. The van der Waals surface area contributed by atoms with Crippen LogP contribution in [-0.4, -0.2) is 27.8 Å². The van der Waals surface area contributed by atoms with Crippen LogP contribution in [0.25, 0.3) is 0 Å². The van der Waals surface area contributed by atoms with Crippen molar-refractivity contribution in [2.75, 3.05) is 7.05 Å². The van der Waals surface area contributed by atoms with Gasteiger partial charge in [0.2, 0.25) is 0 Å². The second-order valence-corrected chi connectivity index (χ2v) is 6.65. The molecule has 0 heterocycles. The molecule has 1 aliphatic carbocycles. The van der Waals surface area contributed by atoms with Crippen LogP contribution in [0, 0.1) is 0 Å². The van der Waals surface area contributed by atoms with E-state index in [-0.39, 0.29) is 0 Å². The third kappa shape index (κ3) is 3.06. The zero-order chi connectivity index (χ0) is 10.6. The van der Waals surface area contributed by atoms with Crippen LogP contribution < -0.4 is 5.32 Å². The number of hydrogen-bond donors (Lipinski definition) is 1. The summed E-state index contributed by atoms with van der Waals surface area (Å²) in [5.74, 6) is 0. The molecular weight excluding hydrogens is 194 g/mol. The maximum absolute atomic E-state index is 12.1. The van der Waals surface area contributed by atoms with Crippen LogP contribution in [-0.2, 0) is 10.8 Å². The summed E-state index contributed by atoms with van der Waals surface area (Å²) in [5.41, 5.74) is 0. The second-order valence-electron chi connectivity index (χ2n) is 4.45. The van der Waals surface area contributed by atoms with E-state index in [9.17, 15) is 4.21 Å². The molecule has 3 heteroatoms. The molecule has 3 unspecified atom stereocenters. The van der Waals surface area contributed by atoms with E-state index in [2.05, 4.69) is 19.2 Å². The monoisotopic (exact) mass is 217 g/mol. The van der Waals surface area contributed by atoms with Crippen molar-refractivity contribution in [3.63, 3.8) is 0 Å². The van der Waals surface area contributed by atoms with Crippen LogP contribution in [0.1, 0.15) is 46.0 Å². The molecule has 14 heavy (non-hydrogen) atoms. The summed E-state index contributed by atoms with van der Waals surface area (Å²) in [4.78, 5) is 0. The normalized spacial score (nSPS) is 31.4. The van der Waals surface area contributed by atoms with Crippen molar-refractivity contribution in [3.8, 4) is 0 Å². The van der Waals surface area contributed by atoms with Crippen LogP contribution in [0.3, 0.4) is 0 Å². The average molecular weight is 217 g/mol. The molecule has 0 aromatic rings. The smallest absolute Gasteiger partial charge is 0.0503 e. The fourth-order valence-electron chi connectivity index (χ4n) is 2.23. The predicted octanol–water partition coefficient (Wildman–Crippen LogP) is 2.06. The maximum atomic E-state index is 12.1. The SMILES string of the molecule is CNC1CCCCCC1S(=O)C(C)C. The molecule has 0 aromatic heterocycles. The van der Waals surface area contributed by atoms with Crippen LogP contribution in [0.2, 0.25) is 0 Å². The second kappa shape index (κ2) is 5.86. The minimum atomic E-state index is -0.662. The van der Waals surface area contributed by atoms with Crippen LogP contribution >= 0.6 is 0 Å². The average Bonchev–Trinajstić information content (AvgIpc) is 2.40. The van der Waals surface area contributed by atoms with E-state index in [1.54, 1.807) is 0 Å². The Morgan fingerprint density at radius 2 is 1.86 bits per heavy atom. The standard InChI is InChI=1S/C11H23NOS/c1-9(2)14(13)11-8-6-4-5-7-10(11)12-3/h9-12H,4-8H2,1-3H3. The first-order valence-corrected chi connectivity index (χ1v) is 7.01. The fourth-order valence-corrected chi connectivity index (χ4v) is 3.93. The Kier molecular flexibility index (Phi) is 5.10. The zero-order valence-electron chi connectivity index (χ0n) is 9.58. The largest absolute Gasteiger partial charge is 0.316 e. The van der Waals surface area contributed by atoms with E-state index in [0.29, 0.717) is 16.5 Å². The molecule has 0 amide bonds. The van der Waals surface area contributed by atoms with Crippen molar-refractivity contribution >= 4 is 10.8 Å². The van der Waals surface area contributed by atoms with E-state index < -0.39 is 10.8 Å². The van der Waals surface area contributed by atoms with Gasteiger partial charge in [-0.15, -0.1) is 0 Å². The summed E-state index contributed by atoms with van der Waals surface area (Å²) in [6.07, 6.45) is 6.18.